The van der Waals surface area contributed by atoms with Gasteiger partial charge in [0.25, 0.3) is 0 Å². The fourth-order valence-electron chi connectivity index (χ4n) is 0.481. The molecule has 0 atom stereocenters. The normalized spacial score (nSPS) is 8.73. The molecule has 2 amide bonds. The lowest BCUT2D eigenvalue weighted by Crippen LogP contribution is -2.26. The molecular weight excluding hydrogens is 148 g/mol. The molecule has 0 aliphatic heterocycles. The van der Waals surface area contributed by atoms with Gasteiger partial charge in [0.15, 0.2) is 0 Å². The zero-order valence-electron chi connectivity index (χ0n) is 6.00. The summed E-state index contributed by atoms with van der Waals surface area (Å²) < 4.78 is 0. The number of carbonyl (C=O) groups excluding carboxylic acids is 3. The van der Waals surface area contributed by atoms with Gasteiger partial charge in [-0.15, -0.1) is 0 Å². The molecule has 0 spiro atoms. The van der Waals surface area contributed by atoms with Crippen LogP contribution in [0, 0.1) is 0 Å². The molecular formula is C6H10N2O3. The maximum Gasteiger partial charge on any atom is 0.220 e. The van der Waals surface area contributed by atoms with Crippen LogP contribution in [0.25, 0.3) is 0 Å². The Labute approximate surface area is 63.9 Å². The third-order valence-corrected chi connectivity index (χ3v) is 0.981. The zero-order valence-corrected chi connectivity index (χ0v) is 6.00. The maximum atomic E-state index is 10.6. The predicted molar refractivity (Wildman–Crippen MR) is 37.5 cm³/mol. The quantitative estimate of drug-likeness (QED) is 0.480. The number of hydrogen-bond donors (Lipinski definition) is 2. The van der Waals surface area contributed by atoms with E-state index in [1.165, 1.54) is 0 Å². The van der Waals surface area contributed by atoms with Gasteiger partial charge in [-0.05, 0) is 0 Å². The Bertz CT molecular complexity index is 167. The van der Waals surface area contributed by atoms with Crippen LogP contribution < -0.4 is 11.1 Å². The maximum absolute atomic E-state index is 10.6. The van der Waals surface area contributed by atoms with E-state index in [4.69, 9.17) is 5.73 Å². The zero-order chi connectivity index (χ0) is 8.69. The Morgan fingerprint density at radius 2 is 2.00 bits per heavy atom. The Morgan fingerprint density at radius 1 is 1.36 bits per heavy atom. The smallest absolute Gasteiger partial charge is 0.220 e. The number of nitrogens with two attached hydrogens (primary N) is 1. The summed E-state index contributed by atoms with van der Waals surface area (Å²) in [5, 5.41) is 2.27. The van der Waals surface area contributed by atoms with Gasteiger partial charge in [-0.25, -0.2) is 0 Å². The van der Waals surface area contributed by atoms with E-state index in [9.17, 15) is 14.4 Å². The largest absolute Gasteiger partial charge is 0.370 e. The molecule has 0 bridgehead atoms. The van der Waals surface area contributed by atoms with Gasteiger partial charge >= 0.3 is 0 Å². The molecule has 0 aromatic heterocycles. The van der Waals surface area contributed by atoms with Crippen molar-refractivity contribution in [3.05, 3.63) is 0 Å². The van der Waals surface area contributed by atoms with Crippen LogP contribution in [0.3, 0.4) is 0 Å². The van der Waals surface area contributed by atoms with E-state index in [1.54, 1.807) is 0 Å². The van der Waals surface area contributed by atoms with E-state index in [1.807, 2.05) is 0 Å². The highest BCUT2D eigenvalue weighted by molar-refractivity contribution is 5.83. The first-order chi connectivity index (χ1) is 5.16. The Kier molecular flexibility index (Phi) is 4.72. The van der Waals surface area contributed by atoms with E-state index in [-0.39, 0.29) is 25.3 Å². The van der Waals surface area contributed by atoms with Gasteiger partial charge in [0.2, 0.25) is 11.8 Å². The number of nitrogens with one attached hydrogen (secondary N) is 1. The topological polar surface area (TPSA) is 89.3 Å². The van der Waals surface area contributed by atoms with Crippen molar-refractivity contribution in [3.63, 3.8) is 0 Å². The van der Waals surface area contributed by atoms with E-state index in [0.29, 0.717) is 6.29 Å². The minimum absolute atomic E-state index is 0.0163. The molecule has 0 aromatic carbocycles. The lowest BCUT2D eigenvalue weighted by Gasteiger charge is -1.97. The number of hydrogen-bond acceptors (Lipinski definition) is 3. The monoisotopic (exact) mass is 158 g/mol. The van der Waals surface area contributed by atoms with Crippen molar-refractivity contribution < 1.29 is 14.4 Å². The molecule has 0 saturated heterocycles. The summed E-state index contributed by atoms with van der Waals surface area (Å²) in [7, 11) is 0. The molecule has 11 heavy (non-hydrogen) atoms. The van der Waals surface area contributed by atoms with Crippen LogP contribution in [0.2, 0.25) is 0 Å². The van der Waals surface area contributed by atoms with Crippen LogP contribution in [0.1, 0.15) is 12.8 Å². The lowest BCUT2D eigenvalue weighted by molar-refractivity contribution is -0.125. The summed E-state index contributed by atoms with van der Waals surface area (Å²) in [4.78, 5) is 30.5. The highest BCUT2D eigenvalue weighted by Crippen LogP contribution is 1.85. The van der Waals surface area contributed by atoms with Crippen LogP contribution in [0.5, 0.6) is 0 Å². The van der Waals surface area contributed by atoms with E-state index < -0.39 is 5.91 Å². The molecule has 0 heterocycles. The second-order valence-corrected chi connectivity index (χ2v) is 1.94. The number of aldehydes is 1. The highest BCUT2D eigenvalue weighted by Gasteiger charge is 2.01. The number of amides is 2. The number of rotatable bonds is 5. The van der Waals surface area contributed by atoms with Gasteiger partial charge in [0, 0.05) is 12.8 Å². The minimum atomic E-state index is -0.522. The first-order valence-corrected chi connectivity index (χ1v) is 3.15. The van der Waals surface area contributed by atoms with Gasteiger partial charge in [-0.2, -0.15) is 0 Å². The summed E-state index contributed by atoms with van der Waals surface area (Å²) in [5.41, 5.74) is 4.78. The molecule has 0 rings (SSSR count). The van der Waals surface area contributed by atoms with Crippen molar-refractivity contribution >= 4 is 18.1 Å². The third kappa shape index (κ3) is 6.50. The Morgan fingerprint density at radius 3 is 2.45 bits per heavy atom. The fraction of sp³-hybridized carbons (Fsp3) is 0.500. The van der Waals surface area contributed by atoms with Gasteiger partial charge < -0.3 is 15.8 Å². The van der Waals surface area contributed by atoms with E-state index in [2.05, 4.69) is 5.32 Å². The van der Waals surface area contributed by atoms with Crippen molar-refractivity contribution in [2.45, 2.75) is 12.8 Å². The van der Waals surface area contributed by atoms with Gasteiger partial charge in [0.1, 0.15) is 6.29 Å². The first-order valence-electron chi connectivity index (χ1n) is 3.15. The highest BCUT2D eigenvalue weighted by atomic mass is 16.2. The average molecular weight is 158 g/mol. The van der Waals surface area contributed by atoms with Crippen molar-refractivity contribution in [1.29, 1.82) is 0 Å². The van der Waals surface area contributed by atoms with Crippen molar-refractivity contribution in [2.24, 2.45) is 5.73 Å². The van der Waals surface area contributed by atoms with Gasteiger partial charge in [0.05, 0.1) is 6.54 Å². The van der Waals surface area contributed by atoms with Crippen molar-refractivity contribution in [3.8, 4) is 0 Å². The Balaban J connectivity index is 3.37. The summed E-state index contributed by atoms with van der Waals surface area (Å²) >= 11 is 0. The van der Waals surface area contributed by atoms with E-state index >= 15 is 0 Å². The third-order valence-electron chi connectivity index (χ3n) is 0.981. The van der Waals surface area contributed by atoms with Crippen LogP contribution in [0.4, 0.5) is 0 Å². The minimum Gasteiger partial charge on any atom is -0.370 e. The van der Waals surface area contributed by atoms with Crippen LogP contribution in [0.15, 0.2) is 0 Å². The van der Waals surface area contributed by atoms with Crippen molar-refractivity contribution in [1.82, 2.24) is 5.32 Å². The molecule has 0 radical (unpaired) electrons. The molecule has 5 heteroatoms. The standard InChI is InChI=1S/C6H10N2O3/c7-5(10)1-2-6(11)8-3-4-9/h4H,1-3H2,(H2,7,10)(H,8,11). The predicted octanol–water partition coefficient (Wildman–Crippen LogP) is -1.43. The second kappa shape index (κ2) is 5.40. The van der Waals surface area contributed by atoms with Gasteiger partial charge in [-0.1, -0.05) is 0 Å². The average Bonchev–Trinajstić information content (AvgIpc) is 1.97. The fourth-order valence-corrected chi connectivity index (χ4v) is 0.481. The molecule has 5 nitrogen and oxygen atoms in total. The number of carbonyl (C=O) groups is 3. The SMILES string of the molecule is NC(=O)CCC(=O)NCC=O. The summed E-state index contributed by atoms with van der Waals surface area (Å²) in [6, 6.07) is 0. The molecule has 0 fully saturated rings. The molecule has 0 aliphatic rings. The van der Waals surface area contributed by atoms with Crippen LogP contribution in [-0.4, -0.2) is 24.6 Å². The summed E-state index contributed by atoms with van der Waals surface area (Å²) in [6.45, 7) is -0.0163. The molecule has 3 N–H and O–H groups in total. The molecule has 0 aromatic rings. The second-order valence-electron chi connectivity index (χ2n) is 1.94. The lowest BCUT2D eigenvalue weighted by atomic mass is 10.3. The summed E-state index contributed by atoms with van der Waals surface area (Å²) in [6.07, 6.45) is 0.635. The number of primary amides is 1. The van der Waals surface area contributed by atoms with Crippen LogP contribution in [-0.2, 0) is 14.4 Å². The first kappa shape index (κ1) is 9.61. The Hall–Kier alpha value is -1.39. The van der Waals surface area contributed by atoms with Crippen LogP contribution >= 0.6 is 0 Å². The molecule has 0 saturated carbocycles. The van der Waals surface area contributed by atoms with Crippen molar-refractivity contribution in [2.75, 3.05) is 6.54 Å². The molecule has 0 aliphatic carbocycles. The van der Waals surface area contributed by atoms with Gasteiger partial charge in [-0.3, -0.25) is 9.59 Å². The molecule has 0 unspecified atom stereocenters. The summed E-state index contributed by atoms with van der Waals surface area (Å²) in [5.74, 6) is -0.859. The molecule has 62 valence electrons. The van der Waals surface area contributed by atoms with E-state index in [0.717, 1.165) is 0 Å².